The summed E-state index contributed by atoms with van der Waals surface area (Å²) in [5.41, 5.74) is 2.07. The number of aromatic nitrogens is 3. The predicted molar refractivity (Wildman–Crippen MR) is 111 cm³/mol. The zero-order chi connectivity index (χ0) is 19.4. The third kappa shape index (κ3) is 4.26. The predicted octanol–water partition coefficient (Wildman–Crippen LogP) is 4.04. The lowest BCUT2D eigenvalue weighted by Crippen LogP contribution is -2.39. The van der Waals surface area contributed by atoms with Crippen molar-refractivity contribution in [3.05, 3.63) is 47.0 Å². The van der Waals surface area contributed by atoms with Crippen molar-refractivity contribution in [3.63, 3.8) is 0 Å². The molecule has 142 valence electrons. The van der Waals surface area contributed by atoms with Crippen molar-refractivity contribution < 1.29 is 4.79 Å². The van der Waals surface area contributed by atoms with Crippen LogP contribution >= 0.6 is 22.9 Å². The van der Waals surface area contributed by atoms with E-state index in [1.54, 1.807) is 11.1 Å². The first-order chi connectivity index (χ1) is 13.0. The van der Waals surface area contributed by atoms with Gasteiger partial charge in [-0.05, 0) is 37.7 Å². The van der Waals surface area contributed by atoms with E-state index in [0.717, 1.165) is 35.4 Å². The smallest absolute Gasteiger partial charge is 0.280 e. The molecule has 2 heterocycles. The lowest BCUT2D eigenvalue weighted by molar-refractivity contribution is 0.0978. The van der Waals surface area contributed by atoms with E-state index in [1.807, 2.05) is 19.1 Å². The number of carbonyl (C=O) groups excluding carboxylic acids is 1. The summed E-state index contributed by atoms with van der Waals surface area (Å²) in [5.74, 6) is -0.196. The number of likely N-dealkylation sites (N-methyl/N-ethyl adjacent to an activating group) is 1. The Hall–Kier alpha value is -2.09. The van der Waals surface area contributed by atoms with Crippen molar-refractivity contribution in [2.75, 3.05) is 31.1 Å². The molecule has 0 fully saturated rings. The highest BCUT2D eigenvalue weighted by Gasteiger charge is 2.23. The number of amides is 1. The fourth-order valence-corrected chi connectivity index (χ4v) is 4.02. The van der Waals surface area contributed by atoms with E-state index in [0.29, 0.717) is 22.4 Å². The number of fused-ring (bicyclic) bond motifs is 1. The average molecular weight is 404 g/mol. The van der Waals surface area contributed by atoms with Gasteiger partial charge in [-0.3, -0.25) is 14.7 Å². The fourth-order valence-electron chi connectivity index (χ4n) is 2.82. The first-order valence-corrected chi connectivity index (χ1v) is 10.1. The number of hydrogen-bond acceptors (Lipinski definition) is 6. The maximum atomic E-state index is 13.1. The van der Waals surface area contributed by atoms with Crippen LogP contribution in [0.3, 0.4) is 0 Å². The molecule has 3 rings (SSSR count). The van der Waals surface area contributed by atoms with Gasteiger partial charge in [-0.2, -0.15) is 0 Å². The molecule has 1 aromatic carbocycles. The first-order valence-electron chi connectivity index (χ1n) is 8.91. The molecular formula is C19H22ClN5OS. The summed E-state index contributed by atoms with van der Waals surface area (Å²) < 4.78 is 1.01. The van der Waals surface area contributed by atoms with E-state index in [4.69, 9.17) is 16.6 Å². The quantitative estimate of drug-likeness (QED) is 0.595. The van der Waals surface area contributed by atoms with E-state index >= 15 is 0 Å². The van der Waals surface area contributed by atoms with E-state index in [2.05, 4.69) is 28.7 Å². The van der Waals surface area contributed by atoms with Crippen molar-refractivity contribution in [1.82, 2.24) is 19.9 Å². The largest absolute Gasteiger partial charge is 0.302 e. The minimum Gasteiger partial charge on any atom is -0.302 e. The third-order valence-corrected chi connectivity index (χ3v) is 5.98. The molecule has 0 spiro atoms. The van der Waals surface area contributed by atoms with Crippen molar-refractivity contribution in [2.45, 2.75) is 20.8 Å². The summed E-state index contributed by atoms with van der Waals surface area (Å²) in [7, 11) is 0. The van der Waals surface area contributed by atoms with E-state index in [1.165, 1.54) is 23.7 Å². The molecule has 2 aromatic heterocycles. The second-order valence-corrected chi connectivity index (χ2v) is 7.51. The molecule has 0 radical (unpaired) electrons. The second kappa shape index (κ2) is 8.73. The lowest BCUT2D eigenvalue weighted by Gasteiger charge is -2.24. The minimum absolute atomic E-state index is 0.196. The molecule has 27 heavy (non-hydrogen) atoms. The topological polar surface area (TPSA) is 62.2 Å². The maximum absolute atomic E-state index is 13.1. The number of aryl methyl sites for hydroxylation is 1. The molecule has 0 atom stereocenters. The van der Waals surface area contributed by atoms with Gasteiger partial charge >= 0.3 is 0 Å². The van der Waals surface area contributed by atoms with Crippen LogP contribution in [-0.4, -0.2) is 51.9 Å². The van der Waals surface area contributed by atoms with Crippen LogP contribution in [0.4, 0.5) is 5.13 Å². The van der Waals surface area contributed by atoms with E-state index in [-0.39, 0.29) is 5.91 Å². The molecule has 0 N–H and O–H groups in total. The fraction of sp³-hybridized carbons (Fsp3) is 0.368. The van der Waals surface area contributed by atoms with Gasteiger partial charge in [0.05, 0.1) is 16.4 Å². The number of anilines is 1. The Morgan fingerprint density at radius 1 is 1.19 bits per heavy atom. The molecule has 0 aliphatic rings. The number of nitrogens with zero attached hydrogens (tertiary/aromatic N) is 5. The Morgan fingerprint density at radius 2 is 1.96 bits per heavy atom. The number of carbonyl (C=O) groups is 1. The van der Waals surface area contributed by atoms with E-state index in [9.17, 15) is 4.79 Å². The Kier molecular flexibility index (Phi) is 6.36. The molecule has 0 unspecified atom stereocenters. The van der Waals surface area contributed by atoms with Gasteiger partial charge in [0.15, 0.2) is 5.13 Å². The highest BCUT2D eigenvalue weighted by molar-refractivity contribution is 7.22. The van der Waals surface area contributed by atoms with Gasteiger partial charge in [0.1, 0.15) is 5.69 Å². The number of benzene rings is 1. The Morgan fingerprint density at radius 3 is 2.63 bits per heavy atom. The molecule has 1 amide bonds. The molecule has 0 aliphatic heterocycles. The standard InChI is InChI=1S/C19H22ClN5OS/c1-4-24(5-2)10-11-25(18(26)15-12-21-8-9-22-15)19-23-17-13(3)14(20)6-7-16(17)27-19/h6-9,12H,4-5,10-11H2,1-3H3. The van der Waals surface area contributed by atoms with Crippen LogP contribution in [0.15, 0.2) is 30.7 Å². The lowest BCUT2D eigenvalue weighted by atomic mass is 10.2. The summed E-state index contributed by atoms with van der Waals surface area (Å²) in [4.78, 5) is 30.0. The summed E-state index contributed by atoms with van der Waals surface area (Å²) in [5, 5.41) is 1.33. The van der Waals surface area contributed by atoms with Crippen LogP contribution in [0.5, 0.6) is 0 Å². The van der Waals surface area contributed by atoms with Crippen molar-refractivity contribution in [2.24, 2.45) is 0 Å². The highest BCUT2D eigenvalue weighted by Crippen LogP contribution is 2.33. The summed E-state index contributed by atoms with van der Waals surface area (Å²) in [6, 6.07) is 3.81. The third-order valence-electron chi connectivity index (χ3n) is 4.53. The van der Waals surface area contributed by atoms with Gasteiger partial charge in [0.25, 0.3) is 5.91 Å². The summed E-state index contributed by atoms with van der Waals surface area (Å²) in [6.45, 7) is 9.32. The van der Waals surface area contributed by atoms with Gasteiger partial charge in [-0.1, -0.05) is 36.8 Å². The van der Waals surface area contributed by atoms with Gasteiger partial charge in [0, 0.05) is 30.5 Å². The molecular weight excluding hydrogens is 382 g/mol. The van der Waals surface area contributed by atoms with Gasteiger partial charge < -0.3 is 4.90 Å². The molecule has 0 saturated carbocycles. The number of rotatable bonds is 7. The van der Waals surface area contributed by atoms with Crippen LogP contribution in [-0.2, 0) is 0 Å². The molecule has 8 heteroatoms. The number of hydrogen-bond donors (Lipinski definition) is 0. The SMILES string of the molecule is CCN(CC)CCN(C(=O)c1cnccn1)c1nc2c(C)c(Cl)ccc2s1. The summed E-state index contributed by atoms with van der Waals surface area (Å²) >= 11 is 7.72. The Labute approximate surface area is 167 Å². The average Bonchev–Trinajstić information content (AvgIpc) is 3.13. The van der Waals surface area contributed by atoms with Crippen LogP contribution < -0.4 is 4.90 Å². The molecule has 0 bridgehead atoms. The number of thiazole rings is 1. The maximum Gasteiger partial charge on any atom is 0.280 e. The second-order valence-electron chi connectivity index (χ2n) is 6.09. The Balaban J connectivity index is 1.98. The summed E-state index contributed by atoms with van der Waals surface area (Å²) in [6.07, 6.45) is 4.57. The van der Waals surface area contributed by atoms with Gasteiger partial charge in [0.2, 0.25) is 0 Å². The van der Waals surface area contributed by atoms with Crippen LogP contribution in [0.2, 0.25) is 5.02 Å². The van der Waals surface area contributed by atoms with Crippen LogP contribution in [0.1, 0.15) is 29.9 Å². The van der Waals surface area contributed by atoms with Crippen molar-refractivity contribution in [1.29, 1.82) is 0 Å². The van der Waals surface area contributed by atoms with Gasteiger partial charge in [-0.25, -0.2) is 9.97 Å². The number of halogens is 1. The zero-order valence-corrected chi connectivity index (χ0v) is 17.2. The van der Waals surface area contributed by atoms with Crippen molar-refractivity contribution in [3.8, 4) is 0 Å². The van der Waals surface area contributed by atoms with Crippen molar-refractivity contribution >= 4 is 44.2 Å². The highest BCUT2D eigenvalue weighted by atomic mass is 35.5. The molecule has 6 nitrogen and oxygen atoms in total. The van der Waals surface area contributed by atoms with Crippen LogP contribution in [0, 0.1) is 6.92 Å². The monoisotopic (exact) mass is 403 g/mol. The van der Waals surface area contributed by atoms with Crippen LogP contribution in [0.25, 0.3) is 10.2 Å². The first kappa shape index (κ1) is 19.7. The molecule has 0 saturated heterocycles. The zero-order valence-electron chi connectivity index (χ0n) is 15.6. The van der Waals surface area contributed by atoms with E-state index < -0.39 is 0 Å². The van der Waals surface area contributed by atoms with Gasteiger partial charge in [-0.15, -0.1) is 0 Å². The molecule has 0 aliphatic carbocycles. The molecule has 3 aromatic rings. The minimum atomic E-state index is -0.196. The Bertz CT molecular complexity index is 926. The normalized spacial score (nSPS) is 11.3.